The standard InChI is InChI=1S/C18H33N7.HI/c1-19-18(20-8-3-6-11-24-15-21-22-16-24)25-12-7-17(14-25)13-23-9-4-2-5-10-23;/h15-17H,2-14H2,1H3,(H,19,20);1H. The van der Waals surface area contributed by atoms with Gasteiger partial charge in [-0.25, -0.2) is 0 Å². The monoisotopic (exact) mass is 475 g/mol. The van der Waals surface area contributed by atoms with Gasteiger partial charge in [-0.3, -0.25) is 4.99 Å². The number of hydrogen-bond acceptors (Lipinski definition) is 4. The van der Waals surface area contributed by atoms with E-state index in [1.807, 2.05) is 11.6 Å². The highest BCUT2D eigenvalue weighted by atomic mass is 127. The minimum absolute atomic E-state index is 0. The van der Waals surface area contributed by atoms with Crippen molar-refractivity contribution in [1.29, 1.82) is 0 Å². The van der Waals surface area contributed by atoms with E-state index in [0.29, 0.717) is 0 Å². The molecule has 2 aliphatic rings. The molecular weight excluding hydrogens is 441 g/mol. The van der Waals surface area contributed by atoms with E-state index in [2.05, 4.69) is 30.3 Å². The van der Waals surface area contributed by atoms with Crippen LogP contribution in [0.2, 0.25) is 0 Å². The van der Waals surface area contributed by atoms with Gasteiger partial charge in [0, 0.05) is 39.8 Å². The number of halogens is 1. The molecule has 3 heterocycles. The van der Waals surface area contributed by atoms with Crippen molar-refractivity contribution in [3.63, 3.8) is 0 Å². The Balaban J connectivity index is 0.00000243. The van der Waals surface area contributed by atoms with Gasteiger partial charge in [0.25, 0.3) is 0 Å². The Hall–Kier alpha value is -0.900. The normalized spacial score (nSPS) is 21.7. The van der Waals surface area contributed by atoms with Crippen LogP contribution in [-0.4, -0.2) is 76.8 Å². The fraction of sp³-hybridized carbons (Fsp3) is 0.833. The van der Waals surface area contributed by atoms with Crippen molar-refractivity contribution in [3.8, 4) is 0 Å². The van der Waals surface area contributed by atoms with Crippen LogP contribution in [-0.2, 0) is 6.54 Å². The second-order valence-electron chi connectivity index (χ2n) is 7.34. The number of nitrogens with one attached hydrogen (secondary N) is 1. The van der Waals surface area contributed by atoms with Gasteiger partial charge in [0.15, 0.2) is 5.96 Å². The number of aryl methyl sites for hydroxylation is 1. The topological polar surface area (TPSA) is 61.6 Å². The van der Waals surface area contributed by atoms with Gasteiger partial charge >= 0.3 is 0 Å². The zero-order chi connectivity index (χ0) is 17.3. The average molecular weight is 475 g/mol. The summed E-state index contributed by atoms with van der Waals surface area (Å²) < 4.78 is 2.03. The van der Waals surface area contributed by atoms with Crippen LogP contribution in [0.5, 0.6) is 0 Å². The molecule has 8 heteroatoms. The lowest BCUT2D eigenvalue weighted by Gasteiger charge is -2.29. The van der Waals surface area contributed by atoms with Crippen LogP contribution in [0.25, 0.3) is 0 Å². The zero-order valence-corrected chi connectivity index (χ0v) is 18.3. The summed E-state index contributed by atoms with van der Waals surface area (Å²) in [6.45, 7) is 8.12. The predicted octanol–water partition coefficient (Wildman–Crippen LogP) is 2.06. The summed E-state index contributed by atoms with van der Waals surface area (Å²) in [6.07, 6.45) is 11.3. The number of aromatic nitrogens is 3. The summed E-state index contributed by atoms with van der Waals surface area (Å²) >= 11 is 0. The molecule has 0 amide bonds. The van der Waals surface area contributed by atoms with Gasteiger partial charge in [0.2, 0.25) is 0 Å². The molecule has 1 atom stereocenters. The van der Waals surface area contributed by atoms with Gasteiger partial charge in [-0.2, -0.15) is 0 Å². The molecule has 2 saturated heterocycles. The number of aliphatic imine (C=N–C) groups is 1. The maximum Gasteiger partial charge on any atom is 0.193 e. The molecule has 0 saturated carbocycles. The lowest BCUT2D eigenvalue weighted by Crippen LogP contribution is -2.41. The quantitative estimate of drug-likeness (QED) is 0.283. The number of piperidine rings is 1. The Labute approximate surface area is 174 Å². The van der Waals surface area contributed by atoms with Crippen LogP contribution >= 0.6 is 24.0 Å². The van der Waals surface area contributed by atoms with Crippen molar-refractivity contribution in [3.05, 3.63) is 12.7 Å². The maximum atomic E-state index is 4.49. The van der Waals surface area contributed by atoms with Crippen LogP contribution in [0, 0.1) is 5.92 Å². The van der Waals surface area contributed by atoms with Crippen LogP contribution < -0.4 is 5.32 Å². The van der Waals surface area contributed by atoms with Gasteiger partial charge in [-0.15, -0.1) is 34.2 Å². The molecule has 0 aromatic carbocycles. The third-order valence-corrected chi connectivity index (χ3v) is 5.36. The molecule has 0 radical (unpaired) electrons. The second kappa shape index (κ2) is 11.7. The molecule has 26 heavy (non-hydrogen) atoms. The Morgan fingerprint density at radius 1 is 1.12 bits per heavy atom. The van der Waals surface area contributed by atoms with E-state index in [9.17, 15) is 0 Å². The predicted molar refractivity (Wildman–Crippen MR) is 116 cm³/mol. The van der Waals surface area contributed by atoms with Gasteiger partial charge in [0.05, 0.1) is 0 Å². The van der Waals surface area contributed by atoms with E-state index >= 15 is 0 Å². The highest BCUT2D eigenvalue weighted by Gasteiger charge is 2.26. The van der Waals surface area contributed by atoms with Crippen LogP contribution in [0.1, 0.15) is 38.5 Å². The van der Waals surface area contributed by atoms with Crippen molar-refractivity contribution < 1.29 is 0 Å². The molecule has 148 valence electrons. The van der Waals surface area contributed by atoms with Crippen molar-refractivity contribution in [2.45, 2.75) is 45.1 Å². The van der Waals surface area contributed by atoms with Crippen molar-refractivity contribution in [1.82, 2.24) is 29.9 Å². The van der Waals surface area contributed by atoms with Crippen LogP contribution in [0.3, 0.4) is 0 Å². The summed E-state index contributed by atoms with van der Waals surface area (Å²) in [4.78, 5) is 9.60. The fourth-order valence-corrected chi connectivity index (χ4v) is 3.97. The Morgan fingerprint density at radius 2 is 1.88 bits per heavy atom. The molecule has 2 aliphatic heterocycles. The molecule has 0 bridgehead atoms. The first kappa shape index (κ1) is 21.4. The van der Waals surface area contributed by atoms with E-state index in [4.69, 9.17) is 0 Å². The number of unbranched alkanes of at least 4 members (excludes halogenated alkanes) is 1. The molecular formula is C18H34IN7. The first-order chi connectivity index (χ1) is 12.3. The summed E-state index contributed by atoms with van der Waals surface area (Å²) in [5.41, 5.74) is 0. The lowest BCUT2D eigenvalue weighted by atomic mass is 10.1. The number of nitrogens with zero attached hydrogens (tertiary/aromatic N) is 6. The molecule has 7 nitrogen and oxygen atoms in total. The van der Waals surface area contributed by atoms with Gasteiger partial charge in [-0.05, 0) is 51.1 Å². The molecule has 1 aromatic rings. The minimum Gasteiger partial charge on any atom is -0.356 e. The summed E-state index contributed by atoms with van der Waals surface area (Å²) in [5.74, 6) is 1.87. The summed E-state index contributed by atoms with van der Waals surface area (Å²) in [6, 6.07) is 0. The molecule has 1 aromatic heterocycles. The molecule has 1 N–H and O–H groups in total. The number of rotatable bonds is 7. The second-order valence-corrected chi connectivity index (χ2v) is 7.34. The van der Waals surface area contributed by atoms with Crippen molar-refractivity contribution in [2.75, 3.05) is 46.3 Å². The minimum atomic E-state index is 0. The van der Waals surface area contributed by atoms with Crippen molar-refractivity contribution in [2.24, 2.45) is 10.9 Å². The Morgan fingerprint density at radius 3 is 2.62 bits per heavy atom. The smallest absolute Gasteiger partial charge is 0.193 e. The third-order valence-electron chi connectivity index (χ3n) is 5.36. The number of likely N-dealkylation sites (tertiary alicyclic amines) is 2. The number of hydrogen-bond donors (Lipinski definition) is 1. The maximum absolute atomic E-state index is 4.49. The third kappa shape index (κ3) is 6.68. The average Bonchev–Trinajstić information content (AvgIpc) is 3.31. The Bertz CT molecular complexity index is 514. The van der Waals surface area contributed by atoms with E-state index in [1.165, 1.54) is 45.3 Å². The SMILES string of the molecule is CN=C(NCCCCn1cnnc1)N1CCC(CN2CCCCC2)C1.I. The zero-order valence-electron chi connectivity index (χ0n) is 16.0. The van der Waals surface area contributed by atoms with E-state index in [0.717, 1.165) is 50.9 Å². The van der Waals surface area contributed by atoms with Gasteiger partial charge in [0.1, 0.15) is 12.7 Å². The van der Waals surface area contributed by atoms with E-state index in [-0.39, 0.29) is 24.0 Å². The van der Waals surface area contributed by atoms with Crippen LogP contribution in [0.15, 0.2) is 17.6 Å². The highest BCUT2D eigenvalue weighted by molar-refractivity contribution is 14.0. The molecule has 1 unspecified atom stereocenters. The first-order valence-electron chi connectivity index (χ1n) is 9.85. The van der Waals surface area contributed by atoms with E-state index < -0.39 is 0 Å². The lowest BCUT2D eigenvalue weighted by molar-refractivity contribution is 0.198. The largest absolute Gasteiger partial charge is 0.356 e. The van der Waals surface area contributed by atoms with E-state index in [1.54, 1.807) is 12.7 Å². The molecule has 3 rings (SSSR count). The molecule has 0 spiro atoms. The number of guanidine groups is 1. The molecule has 2 fully saturated rings. The summed E-state index contributed by atoms with van der Waals surface area (Å²) in [7, 11) is 1.90. The van der Waals surface area contributed by atoms with Crippen LogP contribution in [0.4, 0.5) is 0 Å². The first-order valence-corrected chi connectivity index (χ1v) is 9.85. The van der Waals surface area contributed by atoms with Crippen molar-refractivity contribution >= 4 is 29.9 Å². The van der Waals surface area contributed by atoms with Gasteiger partial charge < -0.3 is 19.7 Å². The fourth-order valence-electron chi connectivity index (χ4n) is 3.97. The Kier molecular flexibility index (Phi) is 9.66. The highest BCUT2D eigenvalue weighted by Crippen LogP contribution is 2.19. The molecule has 0 aliphatic carbocycles. The van der Waals surface area contributed by atoms with Gasteiger partial charge in [-0.1, -0.05) is 6.42 Å². The summed E-state index contributed by atoms with van der Waals surface area (Å²) in [5, 5.41) is 11.2.